The molecule has 3 N–H and O–H groups in total. The third kappa shape index (κ3) is 2.30. The van der Waals surface area contributed by atoms with E-state index in [2.05, 4.69) is 20.6 Å². The maximum Gasteiger partial charge on any atom is 0.224 e. The minimum absolute atomic E-state index is 0.188. The second-order valence-corrected chi connectivity index (χ2v) is 4.01. The summed E-state index contributed by atoms with van der Waals surface area (Å²) in [4.78, 5) is 8.17. The van der Waals surface area contributed by atoms with Gasteiger partial charge >= 0.3 is 0 Å². The summed E-state index contributed by atoms with van der Waals surface area (Å²) >= 11 is 5.94. The van der Waals surface area contributed by atoms with Crippen molar-refractivity contribution in [3.05, 3.63) is 11.2 Å². The lowest BCUT2D eigenvalue weighted by Gasteiger charge is -2.32. The van der Waals surface area contributed by atoms with Crippen LogP contribution >= 0.6 is 11.6 Å². The second-order valence-electron chi connectivity index (χ2n) is 3.61. The molecule has 0 aliphatic heterocycles. The fourth-order valence-corrected chi connectivity index (χ4v) is 1.63. The van der Waals surface area contributed by atoms with Crippen molar-refractivity contribution in [1.29, 1.82) is 0 Å². The number of halogens is 1. The molecule has 2 rings (SSSR count). The molecule has 1 saturated carbocycles. The van der Waals surface area contributed by atoms with Crippen LogP contribution in [0, 0.1) is 0 Å². The van der Waals surface area contributed by atoms with Gasteiger partial charge in [0.15, 0.2) is 5.82 Å². The Balaban J connectivity index is 2.06. The monoisotopic (exact) mass is 228 g/mol. The summed E-state index contributed by atoms with van der Waals surface area (Å²) in [6, 6.07) is 0.261. The highest BCUT2D eigenvalue weighted by atomic mass is 35.5. The molecule has 0 unspecified atom stereocenters. The second kappa shape index (κ2) is 4.20. The molecule has 0 bridgehead atoms. The molecular weight excluding hydrogens is 216 g/mol. The molecule has 5 nitrogen and oxygen atoms in total. The lowest BCUT2D eigenvalue weighted by atomic mass is 9.89. The Bertz CT molecular complexity index is 354. The number of nitrogens with zero attached hydrogens (tertiary/aromatic N) is 2. The fraction of sp³-hybridized carbons (Fsp3) is 0.556. The van der Waals surface area contributed by atoms with Crippen molar-refractivity contribution in [3.63, 3.8) is 0 Å². The van der Waals surface area contributed by atoms with Crippen molar-refractivity contribution in [3.8, 4) is 0 Å². The number of hydrogen-bond acceptors (Lipinski definition) is 5. The minimum atomic E-state index is -0.188. The van der Waals surface area contributed by atoms with Gasteiger partial charge in [-0.15, -0.1) is 0 Å². The highest BCUT2D eigenvalue weighted by molar-refractivity contribution is 6.32. The zero-order valence-electron chi connectivity index (χ0n) is 8.37. The van der Waals surface area contributed by atoms with Crippen LogP contribution in [0.25, 0.3) is 0 Å². The van der Waals surface area contributed by atoms with Gasteiger partial charge in [0.2, 0.25) is 5.95 Å². The molecule has 0 radical (unpaired) electrons. The summed E-state index contributed by atoms with van der Waals surface area (Å²) < 4.78 is 0. The average Bonchev–Trinajstić information content (AvgIpc) is 2.19. The maximum atomic E-state index is 9.15. The molecule has 6 heteroatoms. The van der Waals surface area contributed by atoms with Crippen LogP contribution in [-0.2, 0) is 0 Å². The van der Waals surface area contributed by atoms with Crippen LogP contribution in [0.15, 0.2) is 6.20 Å². The largest absolute Gasteiger partial charge is 0.393 e. The molecule has 1 aliphatic carbocycles. The number of rotatable bonds is 3. The lowest BCUT2D eigenvalue weighted by molar-refractivity contribution is 0.0835. The van der Waals surface area contributed by atoms with Gasteiger partial charge in [0.25, 0.3) is 0 Å². The first-order chi connectivity index (χ1) is 7.19. The van der Waals surface area contributed by atoms with E-state index in [-0.39, 0.29) is 12.1 Å². The maximum absolute atomic E-state index is 9.15. The van der Waals surface area contributed by atoms with E-state index >= 15 is 0 Å². The average molecular weight is 229 g/mol. The van der Waals surface area contributed by atoms with Gasteiger partial charge < -0.3 is 15.7 Å². The Morgan fingerprint density at radius 3 is 2.87 bits per heavy atom. The van der Waals surface area contributed by atoms with Crippen molar-refractivity contribution < 1.29 is 5.11 Å². The summed E-state index contributed by atoms with van der Waals surface area (Å²) in [6.45, 7) is 0. The molecule has 1 heterocycles. The normalized spacial score (nSPS) is 24.5. The van der Waals surface area contributed by atoms with Crippen molar-refractivity contribution in [2.24, 2.45) is 0 Å². The number of anilines is 2. The van der Waals surface area contributed by atoms with E-state index in [1.54, 1.807) is 13.2 Å². The van der Waals surface area contributed by atoms with Gasteiger partial charge in [-0.3, -0.25) is 0 Å². The predicted molar refractivity (Wildman–Crippen MR) is 59.2 cm³/mol. The molecule has 1 fully saturated rings. The molecule has 1 aliphatic rings. The van der Waals surface area contributed by atoms with Crippen molar-refractivity contribution in [2.45, 2.75) is 25.0 Å². The van der Waals surface area contributed by atoms with Crippen molar-refractivity contribution in [1.82, 2.24) is 9.97 Å². The number of nitrogens with one attached hydrogen (secondary N) is 2. The Kier molecular flexibility index (Phi) is 2.93. The molecule has 0 atom stereocenters. The Hall–Kier alpha value is -1.07. The predicted octanol–water partition coefficient (Wildman–Crippen LogP) is 1.11. The van der Waals surface area contributed by atoms with Crippen molar-refractivity contribution in [2.75, 3.05) is 17.7 Å². The highest BCUT2D eigenvalue weighted by Gasteiger charge is 2.27. The summed E-state index contributed by atoms with van der Waals surface area (Å²) in [7, 11) is 1.75. The topological polar surface area (TPSA) is 70.1 Å². The number of hydrogen-bond donors (Lipinski definition) is 3. The third-order valence-electron chi connectivity index (χ3n) is 2.42. The fourth-order valence-electron chi connectivity index (χ4n) is 1.49. The molecule has 0 amide bonds. The van der Waals surface area contributed by atoms with Crippen LogP contribution in [0.3, 0.4) is 0 Å². The van der Waals surface area contributed by atoms with Crippen LogP contribution in [0.5, 0.6) is 0 Å². The van der Waals surface area contributed by atoms with E-state index in [0.717, 1.165) is 12.8 Å². The van der Waals surface area contributed by atoms with Crippen LogP contribution in [0.4, 0.5) is 11.8 Å². The van der Waals surface area contributed by atoms with Crippen molar-refractivity contribution >= 4 is 23.4 Å². The molecule has 0 aromatic carbocycles. The van der Waals surface area contributed by atoms with E-state index in [1.165, 1.54) is 0 Å². The molecule has 82 valence electrons. The highest BCUT2D eigenvalue weighted by Crippen LogP contribution is 2.27. The first kappa shape index (κ1) is 10.4. The Labute approximate surface area is 92.9 Å². The number of aliphatic hydroxyl groups is 1. The van der Waals surface area contributed by atoms with Gasteiger partial charge in [0.1, 0.15) is 5.02 Å². The molecule has 1 aromatic rings. The summed E-state index contributed by atoms with van der Waals surface area (Å²) in [6.07, 6.45) is 2.86. The minimum Gasteiger partial charge on any atom is -0.393 e. The Morgan fingerprint density at radius 2 is 2.27 bits per heavy atom. The number of aromatic nitrogens is 2. The quantitative estimate of drug-likeness (QED) is 0.723. The molecule has 0 saturated heterocycles. The van der Waals surface area contributed by atoms with Crippen LogP contribution in [0.1, 0.15) is 12.8 Å². The van der Waals surface area contributed by atoms with Gasteiger partial charge in [-0.05, 0) is 12.8 Å². The SMILES string of the molecule is CNc1ncc(Cl)c(NC2CC(O)C2)n1. The smallest absolute Gasteiger partial charge is 0.224 e. The van der Waals surface area contributed by atoms with E-state index in [4.69, 9.17) is 16.7 Å². The van der Waals surface area contributed by atoms with E-state index in [0.29, 0.717) is 16.8 Å². The van der Waals surface area contributed by atoms with E-state index in [9.17, 15) is 0 Å². The summed E-state index contributed by atoms with van der Waals surface area (Å²) in [5.41, 5.74) is 0. The molecule has 15 heavy (non-hydrogen) atoms. The third-order valence-corrected chi connectivity index (χ3v) is 2.70. The number of aliphatic hydroxyl groups excluding tert-OH is 1. The van der Waals surface area contributed by atoms with E-state index in [1.807, 2.05) is 0 Å². The molecule has 0 spiro atoms. The first-order valence-corrected chi connectivity index (χ1v) is 5.21. The van der Waals surface area contributed by atoms with Gasteiger partial charge in [-0.2, -0.15) is 4.98 Å². The summed E-state index contributed by atoms with van der Waals surface area (Å²) in [5.74, 6) is 1.15. The summed E-state index contributed by atoms with van der Waals surface area (Å²) in [5, 5.41) is 15.7. The zero-order valence-corrected chi connectivity index (χ0v) is 9.12. The van der Waals surface area contributed by atoms with Gasteiger partial charge in [-0.1, -0.05) is 11.6 Å². The van der Waals surface area contributed by atoms with Crippen LogP contribution in [0.2, 0.25) is 5.02 Å². The van der Waals surface area contributed by atoms with Gasteiger partial charge in [0.05, 0.1) is 12.3 Å². The van der Waals surface area contributed by atoms with Gasteiger partial charge in [0, 0.05) is 13.1 Å². The molecular formula is C9H13ClN4O. The van der Waals surface area contributed by atoms with Crippen LogP contribution in [-0.4, -0.2) is 34.3 Å². The molecule has 1 aromatic heterocycles. The Morgan fingerprint density at radius 1 is 1.53 bits per heavy atom. The zero-order chi connectivity index (χ0) is 10.8. The first-order valence-electron chi connectivity index (χ1n) is 4.84. The van der Waals surface area contributed by atoms with Crippen LogP contribution < -0.4 is 10.6 Å². The lowest BCUT2D eigenvalue weighted by Crippen LogP contribution is -2.39. The van der Waals surface area contributed by atoms with Gasteiger partial charge in [-0.25, -0.2) is 4.98 Å². The standard InChI is InChI=1S/C9H13ClN4O/c1-11-9-12-4-7(10)8(14-9)13-5-2-6(15)3-5/h4-6,15H,2-3H2,1H3,(H2,11,12,13,14). The van der Waals surface area contributed by atoms with E-state index < -0.39 is 0 Å².